The molecular formula is C24H27ClN6O2. The number of anilines is 1. The molecule has 1 amide bonds. The zero-order valence-electron chi connectivity index (χ0n) is 19.1. The van der Waals surface area contributed by atoms with Crippen molar-refractivity contribution in [2.24, 2.45) is 5.92 Å². The van der Waals surface area contributed by atoms with Crippen LogP contribution in [0.3, 0.4) is 0 Å². The van der Waals surface area contributed by atoms with Gasteiger partial charge in [-0.15, -0.1) is 0 Å². The Morgan fingerprint density at radius 2 is 2.00 bits per heavy atom. The van der Waals surface area contributed by atoms with Gasteiger partial charge < -0.3 is 15.0 Å². The second-order valence-corrected chi connectivity index (χ2v) is 8.75. The van der Waals surface area contributed by atoms with E-state index in [-0.39, 0.29) is 17.9 Å². The summed E-state index contributed by atoms with van der Waals surface area (Å²) in [4.78, 5) is 32.5. The minimum absolute atomic E-state index is 0.0296. The highest BCUT2D eigenvalue weighted by Gasteiger charge is 2.35. The van der Waals surface area contributed by atoms with Crippen LogP contribution in [-0.2, 0) is 4.79 Å². The molecule has 1 fully saturated rings. The summed E-state index contributed by atoms with van der Waals surface area (Å²) in [6.45, 7) is 7.20. The lowest BCUT2D eigenvalue weighted by atomic mass is 10.0. The zero-order valence-corrected chi connectivity index (χ0v) is 19.9. The van der Waals surface area contributed by atoms with Crippen LogP contribution in [0.15, 0.2) is 42.9 Å². The van der Waals surface area contributed by atoms with E-state index in [0.717, 1.165) is 17.1 Å². The van der Waals surface area contributed by atoms with Crippen molar-refractivity contribution in [3.8, 4) is 17.3 Å². The van der Waals surface area contributed by atoms with Gasteiger partial charge in [-0.2, -0.15) is 0 Å². The molecule has 9 heteroatoms. The van der Waals surface area contributed by atoms with Crippen LogP contribution >= 0.6 is 11.6 Å². The first-order valence-electron chi connectivity index (χ1n) is 10.9. The monoisotopic (exact) mass is 466 g/mol. The smallest absolute Gasteiger partial charge is 0.229 e. The van der Waals surface area contributed by atoms with E-state index in [0.29, 0.717) is 35.4 Å². The summed E-state index contributed by atoms with van der Waals surface area (Å²) < 4.78 is 5.19. The van der Waals surface area contributed by atoms with E-state index in [1.165, 1.54) is 6.20 Å². The van der Waals surface area contributed by atoms with Crippen LogP contribution in [0.25, 0.3) is 11.4 Å². The minimum atomic E-state index is -0.397. The van der Waals surface area contributed by atoms with Crippen molar-refractivity contribution in [2.45, 2.75) is 32.7 Å². The molecule has 0 saturated carbocycles. The molecule has 0 bridgehead atoms. The molecule has 8 nitrogen and oxygen atoms in total. The molecule has 3 aromatic rings. The summed E-state index contributed by atoms with van der Waals surface area (Å²) in [5, 5.41) is 3.96. The number of nitrogens with one attached hydrogen (secondary N) is 1. The van der Waals surface area contributed by atoms with E-state index >= 15 is 0 Å². The molecule has 4 rings (SSSR count). The average molecular weight is 467 g/mol. The van der Waals surface area contributed by atoms with Gasteiger partial charge in [-0.1, -0.05) is 18.5 Å². The standard InChI is InChI=1S/C24H27ClN6O2/c1-14-12-31(24(32)15(2)18-10-22(33-4)28-11-19(18)25)13-20(14)30-21-7-6-17(16(3)29-21)23-26-8-5-9-27-23/h5-11,14-15,20H,12-13H2,1-4H3,(H,29,30)/t14-,15+,20+/m0/s1. The number of nitrogens with zero attached hydrogens (tertiary/aromatic N) is 5. The topological polar surface area (TPSA) is 93.1 Å². The molecule has 4 heterocycles. The fraction of sp³-hybridized carbons (Fsp3) is 0.375. The van der Waals surface area contributed by atoms with Gasteiger partial charge in [0.05, 0.1) is 23.7 Å². The number of pyridine rings is 2. The first-order chi connectivity index (χ1) is 15.9. The number of methoxy groups -OCH3 is 1. The summed E-state index contributed by atoms with van der Waals surface area (Å²) in [5.41, 5.74) is 2.46. The number of ether oxygens (including phenoxy) is 1. The Kier molecular flexibility index (Phi) is 6.74. The molecule has 0 unspecified atom stereocenters. The number of aryl methyl sites for hydroxylation is 1. The molecule has 3 aromatic heterocycles. The van der Waals surface area contributed by atoms with Crippen LogP contribution in [0.4, 0.5) is 5.82 Å². The fourth-order valence-corrected chi connectivity index (χ4v) is 4.39. The molecule has 1 N–H and O–H groups in total. The van der Waals surface area contributed by atoms with Gasteiger partial charge in [-0.3, -0.25) is 4.79 Å². The number of amides is 1. The summed E-state index contributed by atoms with van der Waals surface area (Å²) in [5.74, 6) is 1.76. The predicted octanol–water partition coefficient (Wildman–Crippen LogP) is 3.97. The summed E-state index contributed by atoms with van der Waals surface area (Å²) in [6, 6.07) is 7.52. The van der Waals surface area contributed by atoms with Gasteiger partial charge in [0.2, 0.25) is 11.8 Å². The molecule has 3 atom stereocenters. The van der Waals surface area contributed by atoms with Crippen molar-refractivity contribution in [1.29, 1.82) is 0 Å². The van der Waals surface area contributed by atoms with Crippen molar-refractivity contribution >= 4 is 23.3 Å². The number of carbonyl (C=O) groups excluding carboxylic acids is 1. The number of halogens is 1. The van der Waals surface area contributed by atoms with Crippen molar-refractivity contribution in [3.63, 3.8) is 0 Å². The summed E-state index contributed by atoms with van der Waals surface area (Å²) in [6.07, 6.45) is 4.96. The molecule has 0 spiro atoms. The third-order valence-electron chi connectivity index (χ3n) is 6.06. The van der Waals surface area contributed by atoms with Crippen molar-refractivity contribution in [1.82, 2.24) is 24.8 Å². The molecular weight excluding hydrogens is 440 g/mol. The van der Waals surface area contributed by atoms with E-state index in [2.05, 4.69) is 27.2 Å². The van der Waals surface area contributed by atoms with Crippen LogP contribution in [0, 0.1) is 12.8 Å². The Morgan fingerprint density at radius 3 is 2.70 bits per heavy atom. The number of aromatic nitrogens is 4. The maximum absolute atomic E-state index is 13.2. The van der Waals surface area contributed by atoms with E-state index < -0.39 is 5.92 Å². The molecule has 1 aliphatic heterocycles. The van der Waals surface area contributed by atoms with E-state index in [1.807, 2.05) is 30.9 Å². The zero-order chi connectivity index (χ0) is 23.5. The SMILES string of the molecule is COc1cc([C@@H](C)C(=O)N2C[C@H](C)[C@H](Nc3ccc(-c4ncccn4)c(C)n3)C2)c(Cl)cn1. The lowest BCUT2D eigenvalue weighted by molar-refractivity contribution is -0.131. The maximum atomic E-state index is 13.2. The normalized spacial score (nSPS) is 18.8. The van der Waals surface area contributed by atoms with Crippen LogP contribution < -0.4 is 10.1 Å². The lowest BCUT2D eigenvalue weighted by Crippen LogP contribution is -2.34. The molecule has 1 saturated heterocycles. The Hall–Kier alpha value is -3.26. The van der Waals surface area contributed by atoms with Gasteiger partial charge in [0.25, 0.3) is 0 Å². The van der Waals surface area contributed by atoms with E-state index in [1.54, 1.807) is 31.6 Å². The number of rotatable bonds is 6. The third kappa shape index (κ3) is 4.90. The van der Waals surface area contributed by atoms with Gasteiger partial charge in [0, 0.05) is 49.4 Å². The summed E-state index contributed by atoms with van der Waals surface area (Å²) >= 11 is 6.32. The summed E-state index contributed by atoms with van der Waals surface area (Å²) in [7, 11) is 1.54. The highest BCUT2D eigenvalue weighted by molar-refractivity contribution is 6.31. The van der Waals surface area contributed by atoms with Crippen LogP contribution in [0.5, 0.6) is 5.88 Å². The molecule has 0 aromatic carbocycles. The molecule has 1 aliphatic rings. The van der Waals surface area contributed by atoms with E-state index in [4.69, 9.17) is 21.3 Å². The fourth-order valence-electron chi connectivity index (χ4n) is 4.12. The van der Waals surface area contributed by atoms with Crippen molar-refractivity contribution in [3.05, 3.63) is 59.1 Å². The predicted molar refractivity (Wildman–Crippen MR) is 127 cm³/mol. The molecule has 172 valence electrons. The highest BCUT2D eigenvalue weighted by Crippen LogP contribution is 2.31. The second kappa shape index (κ2) is 9.70. The van der Waals surface area contributed by atoms with Gasteiger partial charge in [0.15, 0.2) is 5.82 Å². The Balaban J connectivity index is 1.45. The largest absolute Gasteiger partial charge is 0.481 e. The van der Waals surface area contributed by atoms with Gasteiger partial charge in [-0.05, 0) is 43.5 Å². The Bertz CT molecular complexity index is 1140. The van der Waals surface area contributed by atoms with Gasteiger partial charge in [0.1, 0.15) is 5.82 Å². The first-order valence-corrected chi connectivity index (χ1v) is 11.2. The molecule has 0 radical (unpaired) electrons. The number of hydrogen-bond acceptors (Lipinski definition) is 7. The van der Waals surface area contributed by atoms with Crippen molar-refractivity contribution < 1.29 is 9.53 Å². The van der Waals surface area contributed by atoms with Gasteiger partial charge >= 0.3 is 0 Å². The first kappa shape index (κ1) is 22.9. The minimum Gasteiger partial charge on any atom is -0.481 e. The Labute approximate surface area is 198 Å². The van der Waals surface area contributed by atoms with E-state index in [9.17, 15) is 4.79 Å². The number of carbonyl (C=O) groups is 1. The van der Waals surface area contributed by atoms with Gasteiger partial charge in [-0.25, -0.2) is 19.9 Å². The Morgan fingerprint density at radius 1 is 1.24 bits per heavy atom. The molecule has 0 aliphatic carbocycles. The average Bonchev–Trinajstić information content (AvgIpc) is 3.19. The van der Waals surface area contributed by atoms with Crippen LogP contribution in [0.2, 0.25) is 5.02 Å². The van der Waals surface area contributed by atoms with Crippen LogP contribution in [-0.4, -0.2) is 57.0 Å². The highest BCUT2D eigenvalue weighted by atomic mass is 35.5. The lowest BCUT2D eigenvalue weighted by Gasteiger charge is -2.22. The third-order valence-corrected chi connectivity index (χ3v) is 6.37. The van der Waals surface area contributed by atoms with Crippen LogP contribution in [0.1, 0.15) is 31.0 Å². The quantitative estimate of drug-likeness (QED) is 0.587. The van der Waals surface area contributed by atoms with Crippen molar-refractivity contribution in [2.75, 3.05) is 25.5 Å². The molecule has 33 heavy (non-hydrogen) atoms. The number of likely N-dealkylation sites (tertiary alicyclic amines) is 1. The number of hydrogen-bond donors (Lipinski definition) is 1. The second-order valence-electron chi connectivity index (χ2n) is 8.34. The maximum Gasteiger partial charge on any atom is 0.229 e.